The van der Waals surface area contributed by atoms with Gasteiger partial charge in [-0.2, -0.15) is 0 Å². The maximum Gasteiger partial charge on any atom is 0.315 e. The number of piperidine rings is 1. The van der Waals surface area contributed by atoms with Gasteiger partial charge in [0.1, 0.15) is 0 Å². The molecule has 2 saturated heterocycles. The van der Waals surface area contributed by atoms with Crippen molar-refractivity contribution in [2.75, 3.05) is 13.1 Å². The number of nitrogens with one attached hydrogen (secondary N) is 2. The van der Waals surface area contributed by atoms with E-state index in [1.807, 2.05) is 24.5 Å². The molecule has 0 radical (unpaired) electrons. The highest BCUT2D eigenvalue weighted by Gasteiger charge is 2.32. The molecule has 0 spiro atoms. The van der Waals surface area contributed by atoms with E-state index in [9.17, 15) is 4.79 Å². The Hall–Kier alpha value is -2.86. The number of hydrogen-bond acceptors (Lipinski definition) is 3. The lowest BCUT2D eigenvalue weighted by atomic mass is 9.98. The minimum Gasteiger partial charge on any atom is -0.335 e. The highest BCUT2D eigenvalue weighted by atomic mass is 16.2. The molecular weight excluding hydrogens is 374 g/mol. The standard InChI is InChI=1S/C24H29N5O/c30-24(27-20-10-12-28-11-4-7-21(28)14-20)25-15-18-5-3-6-19(13-18)16-29-17-26-22-8-1-2-9-23(22)29/h1-3,5-6,8-9,13,17,20-21H,4,7,10-12,14-16H2,(H2,25,27,30). The second kappa shape index (κ2) is 8.48. The number of imidazole rings is 1. The summed E-state index contributed by atoms with van der Waals surface area (Å²) in [6.45, 7) is 3.64. The van der Waals surface area contributed by atoms with Gasteiger partial charge in [-0.05, 0) is 55.5 Å². The van der Waals surface area contributed by atoms with Crippen LogP contribution in [-0.4, -0.2) is 45.7 Å². The van der Waals surface area contributed by atoms with Crippen LogP contribution in [0.5, 0.6) is 0 Å². The second-order valence-electron chi connectivity index (χ2n) is 8.56. The average molecular weight is 404 g/mol. The lowest BCUT2D eigenvalue weighted by Crippen LogP contribution is -2.49. The van der Waals surface area contributed by atoms with E-state index in [-0.39, 0.29) is 6.03 Å². The van der Waals surface area contributed by atoms with Crippen molar-refractivity contribution in [3.05, 3.63) is 66.0 Å². The van der Waals surface area contributed by atoms with Crippen molar-refractivity contribution >= 4 is 17.1 Å². The molecule has 0 saturated carbocycles. The zero-order chi connectivity index (χ0) is 20.3. The molecule has 156 valence electrons. The van der Waals surface area contributed by atoms with E-state index in [4.69, 9.17) is 0 Å². The van der Waals surface area contributed by atoms with E-state index in [0.29, 0.717) is 18.6 Å². The van der Waals surface area contributed by atoms with E-state index in [1.54, 1.807) is 0 Å². The Morgan fingerprint density at radius 3 is 2.93 bits per heavy atom. The number of carbonyl (C=O) groups excluding carboxylic acids is 1. The molecule has 30 heavy (non-hydrogen) atoms. The molecule has 2 aliphatic rings. The van der Waals surface area contributed by atoms with E-state index in [2.05, 4.69) is 55.4 Å². The third-order valence-electron chi connectivity index (χ3n) is 6.48. The number of rotatable bonds is 5. The highest BCUT2D eigenvalue weighted by Crippen LogP contribution is 2.26. The Bertz CT molecular complexity index is 1030. The normalized spacial score (nSPS) is 21.5. The molecule has 1 aromatic heterocycles. The predicted molar refractivity (Wildman–Crippen MR) is 118 cm³/mol. The van der Waals surface area contributed by atoms with Gasteiger partial charge in [-0.1, -0.05) is 36.4 Å². The molecule has 6 nitrogen and oxygen atoms in total. The van der Waals surface area contributed by atoms with Gasteiger partial charge in [0.05, 0.1) is 17.4 Å². The predicted octanol–water partition coefficient (Wildman–Crippen LogP) is 3.51. The van der Waals surface area contributed by atoms with Gasteiger partial charge in [0.15, 0.2) is 0 Å². The summed E-state index contributed by atoms with van der Waals surface area (Å²) in [5.41, 5.74) is 4.45. The number of carbonyl (C=O) groups is 1. The molecule has 2 unspecified atom stereocenters. The molecule has 3 heterocycles. The summed E-state index contributed by atoms with van der Waals surface area (Å²) < 4.78 is 2.16. The van der Waals surface area contributed by atoms with Crippen molar-refractivity contribution in [3.63, 3.8) is 0 Å². The van der Waals surface area contributed by atoms with Gasteiger partial charge in [-0.3, -0.25) is 0 Å². The van der Waals surface area contributed by atoms with Crippen LogP contribution in [0.2, 0.25) is 0 Å². The van der Waals surface area contributed by atoms with Crippen LogP contribution in [-0.2, 0) is 13.1 Å². The number of amides is 2. The number of aromatic nitrogens is 2. The Balaban J connectivity index is 1.15. The van der Waals surface area contributed by atoms with Crippen LogP contribution in [0.4, 0.5) is 4.79 Å². The zero-order valence-electron chi connectivity index (χ0n) is 17.3. The highest BCUT2D eigenvalue weighted by molar-refractivity contribution is 5.75. The summed E-state index contributed by atoms with van der Waals surface area (Å²) in [6.07, 6.45) is 6.60. The molecule has 2 aliphatic heterocycles. The summed E-state index contributed by atoms with van der Waals surface area (Å²) in [4.78, 5) is 19.5. The van der Waals surface area contributed by atoms with Crippen LogP contribution >= 0.6 is 0 Å². The Labute approximate surface area is 177 Å². The summed E-state index contributed by atoms with van der Waals surface area (Å²) in [6, 6.07) is 17.5. The van der Waals surface area contributed by atoms with Crippen LogP contribution in [0.3, 0.4) is 0 Å². The van der Waals surface area contributed by atoms with E-state index < -0.39 is 0 Å². The molecule has 0 bridgehead atoms. The molecule has 2 aromatic carbocycles. The second-order valence-corrected chi connectivity index (χ2v) is 8.56. The van der Waals surface area contributed by atoms with E-state index in [1.165, 1.54) is 24.9 Å². The maximum atomic E-state index is 12.4. The number of nitrogens with zero attached hydrogens (tertiary/aromatic N) is 3. The molecule has 2 fully saturated rings. The first-order valence-corrected chi connectivity index (χ1v) is 11.0. The van der Waals surface area contributed by atoms with Crippen molar-refractivity contribution in [2.24, 2.45) is 0 Å². The van der Waals surface area contributed by atoms with Crippen LogP contribution in [0.15, 0.2) is 54.9 Å². The van der Waals surface area contributed by atoms with Crippen LogP contribution in [0, 0.1) is 0 Å². The van der Waals surface area contributed by atoms with Crippen molar-refractivity contribution in [2.45, 2.75) is 50.9 Å². The lowest BCUT2D eigenvalue weighted by molar-refractivity contribution is 0.166. The van der Waals surface area contributed by atoms with Gasteiger partial charge in [0.2, 0.25) is 0 Å². The van der Waals surface area contributed by atoms with Gasteiger partial charge in [0, 0.05) is 31.7 Å². The summed E-state index contributed by atoms with van der Waals surface area (Å²) >= 11 is 0. The van der Waals surface area contributed by atoms with Gasteiger partial charge in [-0.25, -0.2) is 9.78 Å². The average Bonchev–Trinajstić information content (AvgIpc) is 3.39. The molecule has 0 aliphatic carbocycles. The first-order valence-electron chi connectivity index (χ1n) is 11.0. The molecule has 5 rings (SSSR count). The Morgan fingerprint density at radius 2 is 1.97 bits per heavy atom. The van der Waals surface area contributed by atoms with E-state index in [0.717, 1.165) is 42.5 Å². The van der Waals surface area contributed by atoms with Crippen LogP contribution < -0.4 is 10.6 Å². The number of benzene rings is 2. The first kappa shape index (κ1) is 19.1. The molecule has 3 aromatic rings. The summed E-state index contributed by atoms with van der Waals surface area (Å²) in [5, 5.41) is 6.22. The fraction of sp³-hybridized carbons (Fsp3) is 0.417. The first-order chi connectivity index (χ1) is 14.7. The SMILES string of the molecule is O=C(NCc1cccc(Cn2cnc3ccccc32)c1)NC1CCN2CCCC2C1. The van der Waals surface area contributed by atoms with Gasteiger partial charge in [-0.15, -0.1) is 0 Å². The summed E-state index contributed by atoms with van der Waals surface area (Å²) in [7, 11) is 0. The molecular formula is C24H29N5O. The lowest BCUT2D eigenvalue weighted by Gasteiger charge is -2.35. The Kier molecular flexibility index (Phi) is 5.41. The van der Waals surface area contributed by atoms with Gasteiger partial charge < -0.3 is 20.1 Å². The fourth-order valence-corrected chi connectivity index (χ4v) is 4.95. The van der Waals surface area contributed by atoms with Gasteiger partial charge in [0.25, 0.3) is 0 Å². The number of urea groups is 1. The fourth-order valence-electron chi connectivity index (χ4n) is 4.95. The van der Waals surface area contributed by atoms with Crippen LogP contribution in [0.1, 0.15) is 36.8 Å². The number of para-hydroxylation sites is 2. The number of hydrogen-bond donors (Lipinski definition) is 2. The third kappa shape index (κ3) is 4.19. The Morgan fingerprint density at radius 1 is 1.07 bits per heavy atom. The minimum atomic E-state index is -0.0579. The van der Waals surface area contributed by atoms with Crippen molar-refractivity contribution in [1.29, 1.82) is 0 Å². The monoisotopic (exact) mass is 403 g/mol. The molecule has 2 amide bonds. The molecule has 2 atom stereocenters. The van der Waals surface area contributed by atoms with Crippen molar-refractivity contribution in [3.8, 4) is 0 Å². The smallest absolute Gasteiger partial charge is 0.315 e. The van der Waals surface area contributed by atoms with Crippen molar-refractivity contribution < 1.29 is 4.79 Å². The van der Waals surface area contributed by atoms with Gasteiger partial charge >= 0.3 is 6.03 Å². The molecule has 6 heteroatoms. The topological polar surface area (TPSA) is 62.2 Å². The maximum absolute atomic E-state index is 12.4. The van der Waals surface area contributed by atoms with Crippen LogP contribution in [0.25, 0.3) is 11.0 Å². The zero-order valence-corrected chi connectivity index (χ0v) is 17.3. The third-order valence-corrected chi connectivity index (χ3v) is 6.48. The van der Waals surface area contributed by atoms with E-state index >= 15 is 0 Å². The molecule has 2 N–H and O–H groups in total. The number of fused-ring (bicyclic) bond motifs is 2. The largest absolute Gasteiger partial charge is 0.335 e. The summed E-state index contributed by atoms with van der Waals surface area (Å²) in [5.74, 6) is 0. The minimum absolute atomic E-state index is 0.0579. The quantitative estimate of drug-likeness (QED) is 0.685. The van der Waals surface area contributed by atoms with Crippen molar-refractivity contribution in [1.82, 2.24) is 25.1 Å².